The zero-order valence-corrected chi connectivity index (χ0v) is 12.1. The van der Waals surface area contributed by atoms with E-state index in [1.165, 1.54) is 37.3 Å². The van der Waals surface area contributed by atoms with Gasteiger partial charge >= 0.3 is 0 Å². The number of nitriles is 1. The maximum absolute atomic E-state index is 13.2. The number of hydrogen-bond donors (Lipinski definition) is 2. The zero-order chi connectivity index (χ0) is 16.7. The van der Waals surface area contributed by atoms with Gasteiger partial charge in [-0.2, -0.15) is 9.99 Å². The number of nitrogens with two attached hydrogens (primary N) is 1. The van der Waals surface area contributed by atoms with Crippen LogP contribution in [0.25, 0.3) is 0 Å². The second-order valence-electron chi connectivity index (χ2n) is 5.16. The van der Waals surface area contributed by atoms with Crippen LogP contribution in [0.5, 0.6) is 5.75 Å². The highest BCUT2D eigenvalue weighted by Gasteiger charge is 2.34. The molecule has 7 heteroatoms. The number of nitrogens with zero attached hydrogens (tertiary/aromatic N) is 2. The molecule has 0 amide bonds. The average Bonchev–Trinajstić information content (AvgIpc) is 2.52. The third-order valence-electron chi connectivity index (χ3n) is 3.75. The van der Waals surface area contributed by atoms with Crippen LogP contribution in [0, 0.1) is 24.1 Å². The first-order valence-corrected chi connectivity index (χ1v) is 6.73. The van der Waals surface area contributed by atoms with Gasteiger partial charge in [0.25, 0.3) is 5.56 Å². The number of allylic oxidation sites excluding steroid dienone is 1. The van der Waals surface area contributed by atoms with Crippen LogP contribution in [0.3, 0.4) is 0 Å². The molecule has 2 aromatic rings. The molecule has 1 aliphatic rings. The molecule has 0 spiro atoms. The summed E-state index contributed by atoms with van der Waals surface area (Å²) in [6.07, 6.45) is 0. The zero-order valence-electron chi connectivity index (χ0n) is 12.1. The molecule has 2 heterocycles. The Morgan fingerprint density at radius 2 is 2.04 bits per heavy atom. The van der Waals surface area contributed by atoms with Crippen LogP contribution >= 0.6 is 0 Å². The largest absolute Gasteiger partial charge is 0.440 e. The third kappa shape index (κ3) is 2.21. The molecule has 0 saturated carbocycles. The van der Waals surface area contributed by atoms with Gasteiger partial charge in [-0.05, 0) is 24.6 Å². The van der Waals surface area contributed by atoms with Crippen molar-refractivity contribution in [1.82, 2.24) is 4.73 Å². The number of ether oxygens (including phenoxy) is 1. The SMILES string of the molecule is Cc1cc2c(c(=O)n1O)C(c1ccc(F)cc1)C(C#N)=C(N)O2. The van der Waals surface area contributed by atoms with Crippen LogP contribution in [-0.4, -0.2) is 9.94 Å². The van der Waals surface area contributed by atoms with Crippen molar-refractivity contribution in [2.24, 2.45) is 5.73 Å². The highest BCUT2D eigenvalue weighted by molar-refractivity contribution is 5.55. The number of halogens is 1. The van der Waals surface area contributed by atoms with E-state index >= 15 is 0 Å². The Bertz CT molecular complexity index is 923. The van der Waals surface area contributed by atoms with E-state index in [1.54, 1.807) is 0 Å². The molecule has 6 nitrogen and oxygen atoms in total. The second-order valence-corrected chi connectivity index (χ2v) is 5.16. The van der Waals surface area contributed by atoms with E-state index in [0.717, 1.165) is 0 Å². The summed E-state index contributed by atoms with van der Waals surface area (Å²) in [4.78, 5) is 12.4. The van der Waals surface area contributed by atoms with Gasteiger partial charge in [0, 0.05) is 6.07 Å². The van der Waals surface area contributed by atoms with E-state index in [2.05, 4.69) is 0 Å². The molecule has 0 saturated heterocycles. The quantitative estimate of drug-likeness (QED) is 0.781. The van der Waals surface area contributed by atoms with Crippen LogP contribution in [0.4, 0.5) is 4.39 Å². The van der Waals surface area contributed by atoms with Crippen LogP contribution < -0.4 is 16.0 Å². The minimum atomic E-state index is -0.837. The summed E-state index contributed by atoms with van der Waals surface area (Å²) < 4.78 is 19.0. The first-order chi connectivity index (χ1) is 10.9. The smallest absolute Gasteiger partial charge is 0.291 e. The highest BCUT2D eigenvalue weighted by atomic mass is 19.1. The Morgan fingerprint density at radius 1 is 1.39 bits per heavy atom. The van der Waals surface area contributed by atoms with Gasteiger partial charge in [0.15, 0.2) is 0 Å². The van der Waals surface area contributed by atoms with E-state index in [9.17, 15) is 19.7 Å². The number of aromatic nitrogens is 1. The fourth-order valence-corrected chi connectivity index (χ4v) is 2.63. The normalized spacial score (nSPS) is 16.5. The molecule has 0 radical (unpaired) electrons. The number of pyridine rings is 1. The summed E-state index contributed by atoms with van der Waals surface area (Å²) in [5.74, 6) is -1.23. The lowest BCUT2D eigenvalue weighted by Gasteiger charge is -2.26. The van der Waals surface area contributed by atoms with Crippen LogP contribution in [0.15, 0.2) is 46.6 Å². The molecular formula is C16H12FN3O3. The minimum Gasteiger partial charge on any atom is -0.440 e. The van der Waals surface area contributed by atoms with Gasteiger partial charge in [0.05, 0.1) is 17.2 Å². The van der Waals surface area contributed by atoms with Crippen LogP contribution in [0.2, 0.25) is 0 Å². The molecule has 1 aliphatic heterocycles. The number of fused-ring (bicyclic) bond motifs is 1. The first-order valence-electron chi connectivity index (χ1n) is 6.73. The lowest BCUT2D eigenvalue weighted by atomic mass is 9.84. The van der Waals surface area contributed by atoms with E-state index in [1.807, 2.05) is 6.07 Å². The Labute approximate surface area is 130 Å². The average molecular weight is 313 g/mol. The molecule has 116 valence electrons. The predicted molar refractivity (Wildman–Crippen MR) is 78.3 cm³/mol. The summed E-state index contributed by atoms with van der Waals surface area (Å²) in [6.45, 7) is 1.53. The highest BCUT2D eigenvalue weighted by Crippen LogP contribution is 2.40. The van der Waals surface area contributed by atoms with E-state index in [4.69, 9.17) is 10.5 Å². The maximum Gasteiger partial charge on any atom is 0.291 e. The molecule has 0 aliphatic carbocycles. The predicted octanol–water partition coefficient (Wildman–Crippen LogP) is 1.75. The van der Waals surface area contributed by atoms with Crippen molar-refractivity contribution in [2.75, 3.05) is 0 Å². The van der Waals surface area contributed by atoms with Crippen molar-refractivity contribution >= 4 is 0 Å². The number of rotatable bonds is 1. The van der Waals surface area contributed by atoms with Gasteiger partial charge in [-0.1, -0.05) is 12.1 Å². The van der Waals surface area contributed by atoms with Crippen molar-refractivity contribution in [2.45, 2.75) is 12.8 Å². The van der Waals surface area contributed by atoms with E-state index < -0.39 is 17.3 Å². The number of hydrogen-bond acceptors (Lipinski definition) is 5. The molecule has 23 heavy (non-hydrogen) atoms. The molecule has 1 aromatic heterocycles. The standard InChI is InChI=1S/C16H12FN3O3/c1-8-6-12-14(16(21)20(8)22)13(11(7-18)15(19)23-12)9-2-4-10(17)5-3-9/h2-6,13,22H,19H2,1H3. The third-order valence-corrected chi connectivity index (χ3v) is 3.75. The summed E-state index contributed by atoms with van der Waals surface area (Å²) >= 11 is 0. The number of benzene rings is 1. The molecular weight excluding hydrogens is 301 g/mol. The van der Waals surface area contributed by atoms with Crippen molar-refractivity contribution < 1.29 is 14.3 Å². The molecule has 0 fully saturated rings. The topological polar surface area (TPSA) is 101 Å². The second kappa shape index (κ2) is 5.18. The molecule has 1 aromatic carbocycles. The first kappa shape index (κ1) is 14.7. The fourth-order valence-electron chi connectivity index (χ4n) is 2.63. The fraction of sp³-hybridized carbons (Fsp3) is 0.125. The van der Waals surface area contributed by atoms with Gasteiger partial charge in [-0.3, -0.25) is 4.79 Å². The summed E-state index contributed by atoms with van der Waals surface area (Å²) in [5.41, 5.74) is 5.95. The summed E-state index contributed by atoms with van der Waals surface area (Å²) in [6, 6.07) is 8.74. The van der Waals surface area contributed by atoms with Crippen molar-refractivity contribution in [3.8, 4) is 11.8 Å². The molecule has 1 unspecified atom stereocenters. The molecule has 3 rings (SSSR count). The maximum atomic E-state index is 13.2. The summed E-state index contributed by atoms with van der Waals surface area (Å²) in [7, 11) is 0. The van der Waals surface area contributed by atoms with E-state index in [-0.39, 0.29) is 28.5 Å². The number of aryl methyl sites for hydroxylation is 1. The van der Waals surface area contributed by atoms with Crippen molar-refractivity contribution in [3.05, 3.63) is 74.8 Å². The van der Waals surface area contributed by atoms with Gasteiger partial charge < -0.3 is 15.7 Å². The Balaban J connectivity index is 2.33. The van der Waals surface area contributed by atoms with E-state index in [0.29, 0.717) is 10.3 Å². The van der Waals surface area contributed by atoms with Gasteiger partial charge in [-0.25, -0.2) is 4.39 Å². The Kier molecular flexibility index (Phi) is 3.30. The molecule has 0 bridgehead atoms. The van der Waals surface area contributed by atoms with Crippen molar-refractivity contribution in [1.29, 1.82) is 5.26 Å². The van der Waals surface area contributed by atoms with Crippen molar-refractivity contribution in [3.63, 3.8) is 0 Å². The van der Waals surface area contributed by atoms with Crippen LogP contribution in [-0.2, 0) is 0 Å². The monoisotopic (exact) mass is 313 g/mol. The molecule has 1 atom stereocenters. The Morgan fingerprint density at radius 3 is 2.65 bits per heavy atom. The molecule has 3 N–H and O–H groups in total. The van der Waals surface area contributed by atoms with Gasteiger partial charge in [0.2, 0.25) is 5.88 Å². The Hall–Kier alpha value is -3.27. The van der Waals surface area contributed by atoms with Gasteiger partial charge in [0.1, 0.15) is 23.2 Å². The minimum absolute atomic E-state index is 0.0325. The van der Waals surface area contributed by atoms with Gasteiger partial charge in [-0.15, -0.1) is 0 Å². The lowest BCUT2D eigenvalue weighted by Crippen LogP contribution is -2.31. The summed E-state index contributed by atoms with van der Waals surface area (Å²) in [5, 5.41) is 19.2. The van der Waals surface area contributed by atoms with Crippen LogP contribution in [0.1, 0.15) is 22.7 Å². The lowest BCUT2D eigenvalue weighted by molar-refractivity contribution is 0.165.